The Bertz CT molecular complexity index is 834. The van der Waals surface area contributed by atoms with E-state index in [0.29, 0.717) is 0 Å². The molecule has 0 saturated heterocycles. The lowest BCUT2D eigenvalue weighted by molar-refractivity contribution is -0.114. The van der Waals surface area contributed by atoms with Gasteiger partial charge in [-0.1, -0.05) is 60.7 Å². The van der Waals surface area contributed by atoms with E-state index in [-0.39, 0.29) is 18.1 Å². The molecule has 0 bridgehead atoms. The number of amides is 1. The summed E-state index contributed by atoms with van der Waals surface area (Å²) in [5.41, 5.74) is 3.11. The Balaban J connectivity index is 1.69. The molecule has 24 heavy (non-hydrogen) atoms. The summed E-state index contributed by atoms with van der Waals surface area (Å²) < 4.78 is 13.6. The number of halogens is 1. The average molecular weight is 320 g/mol. The smallest absolute Gasteiger partial charge is 0.243 e. The van der Waals surface area contributed by atoms with Crippen LogP contribution in [-0.4, -0.2) is 12.5 Å². The van der Waals surface area contributed by atoms with Crippen LogP contribution in [0.25, 0.3) is 11.1 Å². The third-order valence-corrected chi connectivity index (χ3v) is 3.60. The highest BCUT2D eigenvalue weighted by Gasteiger charge is 2.08. The third-order valence-electron chi connectivity index (χ3n) is 3.60. The second-order valence-corrected chi connectivity index (χ2v) is 5.29. The molecule has 3 nitrogen and oxygen atoms in total. The van der Waals surface area contributed by atoms with Crippen LogP contribution in [0.3, 0.4) is 0 Å². The van der Waals surface area contributed by atoms with Crippen LogP contribution in [0, 0.1) is 5.82 Å². The predicted octanol–water partition coefficient (Wildman–Crippen LogP) is 4.54. The van der Waals surface area contributed by atoms with Crippen LogP contribution in [0.1, 0.15) is 0 Å². The SMILES string of the molecule is O=C(CNc1ccccc1-c1ccccc1)Nc1ccccc1F. The fourth-order valence-corrected chi connectivity index (χ4v) is 2.44. The molecule has 1 amide bonds. The van der Waals surface area contributed by atoms with Gasteiger partial charge in [-0.3, -0.25) is 4.79 Å². The van der Waals surface area contributed by atoms with Gasteiger partial charge in [0.25, 0.3) is 0 Å². The predicted molar refractivity (Wildman–Crippen MR) is 95.4 cm³/mol. The first-order valence-corrected chi connectivity index (χ1v) is 7.67. The molecule has 3 rings (SSSR count). The second kappa shape index (κ2) is 7.42. The number of benzene rings is 3. The van der Waals surface area contributed by atoms with E-state index in [1.807, 2.05) is 54.6 Å². The molecule has 4 heteroatoms. The maximum absolute atomic E-state index is 13.6. The number of hydrogen-bond donors (Lipinski definition) is 2. The maximum atomic E-state index is 13.6. The van der Waals surface area contributed by atoms with Crippen molar-refractivity contribution >= 4 is 17.3 Å². The zero-order chi connectivity index (χ0) is 16.8. The van der Waals surface area contributed by atoms with E-state index in [1.54, 1.807) is 12.1 Å². The van der Waals surface area contributed by atoms with Crippen LogP contribution in [0.15, 0.2) is 78.9 Å². The molecule has 0 unspecified atom stereocenters. The molecule has 0 aliphatic heterocycles. The largest absolute Gasteiger partial charge is 0.376 e. The fourth-order valence-electron chi connectivity index (χ4n) is 2.44. The van der Waals surface area contributed by atoms with Gasteiger partial charge in [0.1, 0.15) is 5.82 Å². The van der Waals surface area contributed by atoms with E-state index in [1.165, 1.54) is 12.1 Å². The molecule has 0 fully saturated rings. The van der Waals surface area contributed by atoms with Gasteiger partial charge >= 0.3 is 0 Å². The minimum Gasteiger partial charge on any atom is -0.376 e. The van der Waals surface area contributed by atoms with Gasteiger partial charge in [0, 0.05) is 11.3 Å². The van der Waals surface area contributed by atoms with Gasteiger partial charge in [-0.15, -0.1) is 0 Å². The van der Waals surface area contributed by atoms with Crippen molar-refractivity contribution in [1.29, 1.82) is 0 Å². The normalized spacial score (nSPS) is 10.2. The molecule has 0 atom stereocenters. The first kappa shape index (κ1) is 15.7. The van der Waals surface area contributed by atoms with E-state index in [2.05, 4.69) is 10.6 Å². The number of rotatable bonds is 5. The van der Waals surface area contributed by atoms with Crippen molar-refractivity contribution in [3.05, 3.63) is 84.7 Å². The van der Waals surface area contributed by atoms with Crippen LogP contribution in [0.2, 0.25) is 0 Å². The van der Waals surface area contributed by atoms with E-state index in [4.69, 9.17) is 0 Å². The summed E-state index contributed by atoms with van der Waals surface area (Å²) in [5.74, 6) is -0.751. The summed E-state index contributed by atoms with van der Waals surface area (Å²) in [7, 11) is 0. The summed E-state index contributed by atoms with van der Waals surface area (Å²) in [5, 5.41) is 5.68. The average Bonchev–Trinajstić information content (AvgIpc) is 2.63. The van der Waals surface area contributed by atoms with Gasteiger partial charge in [-0.05, 0) is 23.8 Å². The highest BCUT2D eigenvalue weighted by atomic mass is 19.1. The van der Waals surface area contributed by atoms with E-state index in [0.717, 1.165) is 16.8 Å². The van der Waals surface area contributed by atoms with Gasteiger partial charge in [0.2, 0.25) is 5.91 Å². The molecule has 0 spiro atoms. The molecule has 2 N–H and O–H groups in total. The quantitative estimate of drug-likeness (QED) is 0.724. The summed E-state index contributed by atoms with van der Waals surface area (Å²) in [6.07, 6.45) is 0. The van der Waals surface area contributed by atoms with Crippen molar-refractivity contribution in [2.75, 3.05) is 17.2 Å². The number of hydrogen-bond acceptors (Lipinski definition) is 2. The summed E-state index contributed by atoms with van der Waals surface area (Å²) in [6.45, 7) is 0.0538. The number of carbonyl (C=O) groups excluding carboxylic acids is 1. The minimum atomic E-state index is -0.449. The Morgan fingerprint density at radius 2 is 1.42 bits per heavy atom. The first-order chi connectivity index (χ1) is 11.7. The zero-order valence-corrected chi connectivity index (χ0v) is 13.0. The number of anilines is 2. The Hall–Kier alpha value is -3.14. The number of para-hydroxylation sites is 2. The lowest BCUT2D eigenvalue weighted by atomic mass is 10.0. The van der Waals surface area contributed by atoms with Crippen molar-refractivity contribution in [2.24, 2.45) is 0 Å². The van der Waals surface area contributed by atoms with Crippen LogP contribution in [0.4, 0.5) is 15.8 Å². The van der Waals surface area contributed by atoms with Gasteiger partial charge in [-0.2, -0.15) is 0 Å². The van der Waals surface area contributed by atoms with E-state index in [9.17, 15) is 9.18 Å². The van der Waals surface area contributed by atoms with Crippen LogP contribution in [-0.2, 0) is 4.79 Å². The maximum Gasteiger partial charge on any atom is 0.243 e. The highest BCUT2D eigenvalue weighted by Crippen LogP contribution is 2.27. The molecule has 0 aliphatic carbocycles. The molecule has 3 aromatic carbocycles. The summed E-state index contributed by atoms with van der Waals surface area (Å²) >= 11 is 0. The Morgan fingerprint density at radius 3 is 2.17 bits per heavy atom. The number of nitrogens with one attached hydrogen (secondary N) is 2. The molecule has 0 aromatic heterocycles. The number of carbonyl (C=O) groups is 1. The molecular formula is C20H17FN2O. The topological polar surface area (TPSA) is 41.1 Å². The Kier molecular flexibility index (Phi) is 4.87. The monoisotopic (exact) mass is 320 g/mol. The van der Waals surface area contributed by atoms with Gasteiger partial charge in [-0.25, -0.2) is 4.39 Å². The third kappa shape index (κ3) is 3.79. The van der Waals surface area contributed by atoms with Crippen LogP contribution >= 0.6 is 0 Å². The van der Waals surface area contributed by atoms with Crippen LogP contribution in [0.5, 0.6) is 0 Å². The lowest BCUT2D eigenvalue weighted by Crippen LogP contribution is -2.22. The van der Waals surface area contributed by atoms with Gasteiger partial charge in [0.15, 0.2) is 0 Å². The lowest BCUT2D eigenvalue weighted by Gasteiger charge is -2.12. The molecule has 3 aromatic rings. The standard InChI is InChI=1S/C20H17FN2O/c21-17-11-5-7-13-19(17)23-20(24)14-22-18-12-6-4-10-16(18)15-8-2-1-3-9-15/h1-13,22H,14H2,(H,23,24). The van der Waals surface area contributed by atoms with Crippen molar-refractivity contribution in [3.8, 4) is 11.1 Å². The highest BCUT2D eigenvalue weighted by molar-refractivity contribution is 5.94. The first-order valence-electron chi connectivity index (χ1n) is 7.67. The van der Waals surface area contributed by atoms with Gasteiger partial charge < -0.3 is 10.6 Å². The van der Waals surface area contributed by atoms with Crippen molar-refractivity contribution in [3.63, 3.8) is 0 Å². The van der Waals surface area contributed by atoms with Gasteiger partial charge in [0.05, 0.1) is 12.2 Å². The Morgan fingerprint density at radius 1 is 0.792 bits per heavy atom. The fraction of sp³-hybridized carbons (Fsp3) is 0.0500. The Labute approximate surface area is 140 Å². The van der Waals surface area contributed by atoms with E-state index < -0.39 is 5.82 Å². The molecule has 0 saturated carbocycles. The van der Waals surface area contributed by atoms with E-state index >= 15 is 0 Å². The van der Waals surface area contributed by atoms with Crippen LogP contribution < -0.4 is 10.6 Å². The molecule has 0 heterocycles. The zero-order valence-electron chi connectivity index (χ0n) is 13.0. The van der Waals surface area contributed by atoms with Crippen molar-refractivity contribution in [2.45, 2.75) is 0 Å². The van der Waals surface area contributed by atoms with Crippen molar-refractivity contribution < 1.29 is 9.18 Å². The minimum absolute atomic E-state index is 0.0538. The molecule has 0 aliphatic rings. The molecular weight excluding hydrogens is 303 g/mol. The van der Waals surface area contributed by atoms with Crippen molar-refractivity contribution in [1.82, 2.24) is 0 Å². The molecule has 0 radical (unpaired) electrons. The molecule has 120 valence electrons. The summed E-state index contributed by atoms with van der Waals surface area (Å²) in [4.78, 5) is 12.0. The summed E-state index contributed by atoms with van der Waals surface area (Å²) in [6, 6.07) is 23.8. The second-order valence-electron chi connectivity index (χ2n) is 5.29.